The molecular weight excluding hydrogens is 208 g/mol. The molecule has 2 saturated heterocycles. The fraction of sp³-hybridized carbons (Fsp3) is 0.818. The number of β-lactam (4-membered cyclic amide) rings is 1. The van der Waals surface area contributed by atoms with Gasteiger partial charge >= 0.3 is 6.09 Å². The molecule has 1 N–H and O–H groups in total. The Hall–Kier alpha value is -1.26. The molecule has 2 heterocycles. The second kappa shape index (κ2) is 4.31. The molecule has 2 amide bonds. The second-order valence-corrected chi connectivity index (χ2v) is 4.57. The zero-order valence-corrected chi connectivity index (χ0v) is 9.56. The van der Waals surface area contributed by atoms with Gasteiger partial charge in [0.15, 0.2) is 0 Å². The van der Waals surface area contributed by atoms with Crippen LogP contribution in [0.25, 0.3) is 0 Å². The molecule has 90 valence electrons. The van der Waals surface area contributed by atoms with Gasteiger partial charge in [-0.1, -0.05) is 6.92 Å². The van der Waals surface area contributed by atoms with E-state index in [-0.39, 0.29) is 11.9 Å². The summed E-state index contributed by atoms with van der Waals surface area (Å²) in [5.41, 5.74) is 0. The van der Waals surface area contributed by atoms with E-state index in [0.29, 0.717) is 25.6 Å². The van der Waals surface area contributed by atoms with Gasteiger partial charge in [0.05, 0.1) is 0 Å². The van der Waals surface area contributed by atoms with Crippen molar-refractivity contribution in [3.8, 4) is 0 Å². The molecule has 2 aliphatic heterocycles. The molecule has 16 heavy (non-hydrogen) atoms. The minimum absolute atomic E-state index is 0.237. The molecule has 5 nitrogen and oxygen atoms in total. The standard InChI is InChI=1S/C11H18N2O3/c1-2-8-7-10(14)13(8)9-3-5-12(6-4-9)11(15)16/h8-9H,2-7H2,1H3,(H,15,16)/t8-/m0/s1. The predicted molar refractivity (Wildman–Crippen MR) is 58.2 cm³/mol. The molecule has 1 atom stereocenters. The van der Waals surface area contributed by atoms with Crippen molar-refractivity contribution in [3.05, 3.63) is 0 Å². The third kappa shape index (κ3) is 1.86. The predicted octanol–water partition coefficient (Wildman–Crippen LogP) is 1.14. The van der Waals surface area contributed by atoms with E-state index in [4.69, 9.17) is 5.11 Å². The van der Waals surface area contributed by atoms with Gasteiger partial charge < -0.3 is 14.9 Å². The average molecular weight is 226 g/mol. The molecule has 5 heteroatoms. The Morgan fingerprint density at radius 3 is 2.50 bits per heavy atom. The van der Waals surface area contributed by atoms with E-state index in [9.17, 15) is 9.59 Å². The van der Waals surface area contributed by atoms with E-state index in [2.05, 4.69) is 6.92 Å². The molecule has 0 spiro atoms. The van der Waals surface area contributed by atoms with E-state index in [1.54, 1.807) is 0 Å². The first-order valence-electron chi connectivity index (χ1n) is 5.92. The van der Waals surface area contributed by atoms with Crippen molar-refractivity contribution >= 4 is 12.0 Å². The van der Waals surface area contributed by atoms with Crippen molar-refractivity contribution in [2.45, 2.75) is 44.7 Å². The number of hydrogen-bond donors (Lipinski definition) is 1. The Labute approximate surface area is 95.0 Å². The molecule has 2 fully saturated rings. The summed E-state index contributed by atoms with van der Waals surface area (Å²) in [7, 11) is 0. The summed E-state index contributed by atoms with van der Waals surface area (Å²) in [5.74, 6) is 0.237. The molecule has 0 aromatic heterocycles. The summed E-state index contributed by atoms with van der Waals surface area (Å²) in [4.78, 5) is 25.7. The van der Waals surface area contributed by atoms with Crippen LogP contribution >= 0.6 is 0 Å². The highest BCUT2D eigenvalue weighted by molar-refractivity contribution is 5.83. The number of hydrogen-bond acceptors (Lipinski definition) is 2. The number of carboxylic acid groups (broad SMARTS) is 1. The highest BCUT2D eigenvalue weighted by Gasteiger charge is 2.40. The summed E-state index contributed by atoms with van der Waals surface area (Å²) in [6.07, 6.45) is 2.41. The van der Waals surface area contributed by atoms with Crippen LogP contribution in [0.3, 0.4) is 0 Å². The highest BCUT2D eigenvalue weighted by atomic mass is 16.4. The maximum absolute atomic E-state index is 11.5. The Morgan fingerprint density at radius 2 is 2.06 bits per heavy atom. The van der Waals surface area contributed by atoms with E-state index in [0.717, 1.165) is 19.3 Å². The Bertz CT molecular complexity index is 298. The van der Waals surface area contributed by atoms with E-state index < -0.39 is 6.09 Å². The third-order valence-electron chi connectivity index (χ3n) is 3.69. The fourth-order valence-electron chi connectivity index (χ4n) is 2.67. The Morgan fingerprint density at radius 1 is 1.44 bits per heavy atom. The minimum Gasteiger partial charge on any atom is -0.465 e. The lowest BCUT2D eigenvalue weighted by Crippen LogP contribution is -2.59. The zero-order chi connectivity index (χ0) is 11.7. The van der Waals surface area contributed by atoms with Crippen LogP contribution in [-0.4, -0.2) is 52.1 Å². The number of piperidine rings is 1. The second-order valence-electron chi connectivity index (χ2n) is 4.57. The van der Waals surface area contributed by atoms with Crippen LogP contribution in [0.2, 0.25) is 0 Å². The number of carbonyl (C=O) groups excluding carboxylic acids is 1. The van der Waals surface area contributed by atoms with Gasteiger partial charge in [-0.05, 0) is 19.3 Å². The van der Waals surface area contributed by atoms with Crippen LogP contribution in [0.5, 0.6) is 0 Å². The van der Waals surface area contributed by atoms with Gasteiger partial charge in [-0.15, -0.1) is 0 Å². The van der Waals surface area contributed by atoms with E-state index >= 15 is 0 Å². The number of carbonyl (C=O) groups is 2. The van der Waals surface area contributed by atoms with Gasteiger partial charge in [0.25, 0.3) is 0 Å². The molecule has 0 radical (unpaired) electrons. The number of amides is 2. The number of rotatable bonds is 2. The average Bonchev–Trinajstić information content (AvgIpc) is 2.26. The monoisotopic (exact) mass is 226 g/mol. The molecule has 0 aliphatic carbocycles. The number of likely N-dealkylation sites (tertiary alicyclic amines) is 2. The summed E-state index contributed by atoms with van der Waals surface area (Å²) in [6.45, 7) is 3.21. The maximum Gasteiger partial charge on any atom is 0.407 e. The molecule has 0 unspecified atom stereocenters. The van der Waals surface area contributed by atoms with Crippen LogP contribution < -0.4 is 0 Å². The molecule has 0 saturated carbocycles. The Balaban J connectivity index is 1.89. The summed E-state index contributed by atoms with van der Waals surface area (Å²) < 4.78 is 0. The Kier molecular flexibility index (Phi) is 3.03. The van der Waals surface area contributed by atoms with Crippen molar-refractivity contribution in [3.63, 3.8) is 0 Å². The topological polar surface area (TPSA) is 60.9 Å². The smallest absolute Gasteiger partial charge is 0.407 e. The molecule has 0 bridgehead atoms. The van der Waals surface area contributed by atoms with Crippen molar-refractivity contribution in [1.82, 2.24) is 9.80 Å². The largest absolute Gasteiger partial charge is 0.465 e. The van der Waals surface area contributed by atoms with Crippen LogP contribution in [0.4, 0.5) is 4.79 Å². The highest BCUT2D eigenvalue weighted by Crippen LogP contribution is 2.29. The molecule has 2 aliphatic rings. The van der Waals surface area contributed by atoms with Gasteiger partial charge in [0, 0.05) is 31.6 Å². The van der Waals surface area contributed by atoms with Crippen LogP contribution in [0, 0.1) is 0 Å². The van der Waals surface area contributed by atoms with Crippen LogP contribution in [-0.2, 0) is 4.79 Å². The van der Waals surface area contributed by atoms with E-state index in [1.807, 2.05) is 4.90 Å². The van der Waals surface area contributed by atoms with Crippen LogP contribution in [0.15, 0.2) is 0 Å². The summed E-state index contributed by atoms with van der Waals surface area (Å²) in [6, 6.07) is 0.663. The van der Waals surface area contributed by atoms with Gasteiger partial charge in [-0.3, -0.25) is 4.79 Å². The van der Waals surface area contributed by atoms with Crippen molar-refractivity contribution in [2.75, 3.05) is 13.1 Å². The third-order valence-corrected chi connectivity index (χ3v) is 3.69. The van der Waals surface area contributed by atoms with Crippen molar-refractivity contribution < 1.29 is 14.7 Å². The molecule has 0 aromatic rings. The molecular formula is C11H18N2O3. The first-order chi connectivity index (χ1) is 7.63. The zero-order valence-electron chi connectivity index (χ0n) is 9.56. The van der Waals surface area contributed by atoms with Gasteiger partial charge in [-0.25, -0.2) is 4.79 Å². The molecule has 2 rings (SSSR count). The fourth-order valence-corrected chi connectivity index (χ4v) is 2.67. The van der Waals surface area contributed by atoms with Crippen molar-refractivity contribution in [1.29, 1.82) is 0 Å². The lowest BCUT2D eigenvalue weighted by Gasteiger charge is -2.47. The van der Waals surface area contributed by atoms with Gasteiger partial charge in [0.1, 0.15) is 0 Å². The normalized spacial score (nSPS) is 26.8. The molecule has 0 aromatic carbocycles. The first-order valence-corrected chi connectivity index (χ1v) is 5.92. The summed E-state index contributed by atoms with van der Waals surface area (Å²) >= 11 is 0. The SMILES string of the molecule is CC[C@H]1CC(=O)N1C1CCN(C(=O)O)CC1. The lowest BCUT2D eigenvalue weighted by atomic mass is 9.92. The van der Waals surface area contributed by atoms with Gasteiger partial charge in [-0.2, -0.15) is 0 Å². The van der Waals surface area contributed by atoms with E-state index in [1.165, 1.54) is 4.90 Å². The maximum atomic E-state index is 11.5. The first kappa shape index (κ1) is 11.2. The minimum atomic E-state index is -0.847. The quantitative estimate of drug-likeness (QED) is 0.718. The summed E-state index contributed by atoms with van der Waals surface area (Å²) in [5, 5.41) is 8.83. The van der Waals surface area contributed by atoms with Crippen LogP contribution in [0.1, 0.15) is 32.6 Å². The number of nitrogens with zero attached hydrogens (tertiary/aromatic N) is 2. The van der Waals surface area contributed by atoms with Gasteiger partial charge in [0.2, 0.25) is 5.91 Å². The van der Waals surface area contributed by atoms with Crippen molar-refractivity contribution in [2.24, 2.45) is 0 Å². The lowest BCUT2D eigenvalue weighted by molar-refractivity contribution is -0.151.